The maximum atomic E-state index is 12.0. The van der Waals surface area contributed by atoms with Crippen LogP contribution in [0.3, 0.4) is 0 Å². The van der Waals surface area contributed by atoms with Gasteiger partial charge in [-0.3, -0.25) is 9.00 Å². The summed E-state index contributed by atoms with van der Waals surface area (Å²) in [4.78, 5) is 12.6. The minimum absolute atomic E-state index is 0.210. The molecule has 0 aliphatic carbocycles. The van der Waals surface area contributed by atoms with Gasteiger partial charge in [-0.15, -0.1) is 0 Å². The molecule has 0 heterocycles. The molecule has 4 nitrogen and oxygen atoms in total. The molecule has 0 aliphatic heterocycles. The largest absolute Gasteiger partial charge is 0.378 e. The highest BCUT2D eigenvalue weighted by molar-refractivity contribution is 7.85. The van der Waals surface area contributed by atoms with Crippen molar-refractivity contribution in [2.75, 3.05) is 12.3 Å². The summed E-state index contributed by atoms with van der Waals surface area (Å²) in [5.74, 6) is -0.275. The molecule has 6 heteroatoms. The summed E-state index contributed by atoms with van der Waals surface area (Å²) in [6, 6.07) is 15.6. The summed E-state index contributed by atoms with van der Waals surface area (Å²) in [5.41, 5.74) is 0.353. The van der Waals surface area contributed by atoms with Crippen LogP contribution >= 0.6 is 11.6 Å². The molecule has 2 aromatic carbocycles. The normalized spacial score (nSPS) is 13.4. The number of rotatable bonds is 6. The van der Waals surface area contributed by atoms with E-state index < -0.39 is 22.8 Å². The molecule has 0 saturated carbocycles. The quantitative estimate of drug-likeness (QED) is 0.850. The Labute approximate surface area is 136 Å². The molecule has 116 valence electrons. The number of benzene rings is 2. The van der Waals surface area contributed by atoms with E-state index in [1.54, 1.807) is 36.4 Å². The molecule has 22 heavy (non-hydrogen) atoms. The number of carbonyl (C=O) groups excluding carboxylic acids is 1. The molecular weight excluding hydrogens is 322 g/mol. The first kappa shape index (κ1) is 16.7. The third-order valence-corrected chi connectivity index (χ3v) is 4.76. The Bertz CT molecular complexity index is 663. The van der Waals surface area contributed by atoms with Crippen molar-refractivity contribution in [1.29, 1.82) is 0 Å². The molecule has 1 amide bonds. The molecule has 0 aromatic heterocycles. The predicted molar refractivity (Wildman–Crippen MR) is 87.1 cm³/mol. The van der Waals surface area contributed by atoms with E-state index in [0.29, 0.717) is 15.5 Å². The number of aliphatic hydroxyl groups excluding tert-OH is 1. The lowest BCUT2D eigenvalue weighted by atomic mass is 10.1. The molecule has 0 unspecified atom stereocenters. The maximum absolute atomic E-state index is 12.0. The van der Waals surface area contributed by atoms with Crippen molar-refractivity contribution in [3.05, 3.63) is 65.2 Å². The van der Waals surface area contributed by atoms with Crippen molar-refractivity contribution in [2.24, 2.45) is 0 Å². The highest BCUT2D eigenvalue weighted by Crippen LogP contribution is 2.22. The Kier molecular flexibility index (Phi) is 6.12. The SMILES string of the molecule is O=C(NCC[S@](=O)c1ccccc1)[C@H](O)c1ccccc1Cl. The summed E-state index contributed by atoms with van der Waals surface area (Å²) in [6.45, 7) is 0.210. The molecule has 0 spiro atoms. The van der Waals surface area contributed by atoms with Gasteiger partial charge in [0.1, 0.15) is 0 Å². The topological polar surface area (TPSA) is 66.4 Å². The van der Waals surface area contributed by atoms with Gasteiger partial charge < -0.3 is 10.4 Å². The molecule has 2 atom stereocenters. The molecule has 2 rings (SSSR count). The van der Waals surface area contributed by atoms with Crippen molar-refractivity contribution in [3.63, 3.8) is 0 Å². The van der Waals surface area contributed by atoms with E-state index in [1.165, 1.54) is 0 Å². The Morgan fingerprint density at radius 2 is 1.77 bits per heavy atom. The first-order valence-corrected chi connectivity index (χ1v) is 8.43. The molecule has 0 aliphatic rings. The average molecular weight is 338 g/mol. The van der Waals surface area contributed by atoms with Crippen molar-refractivity contribution >= 4 is 28.3 Å². The fourth-order valence-corrected chi connectivity index (χ4v) is 3.11. The summed E-state index contributed by atoms with van der Waals surface area (Å²) in [7, 11) is -1.18. The molecule has 0 saturated heterocycles. The number of halogens is 1. The minimum atomic E-state index is -1.33. The third-order valence-electron chi connectivity index (χ3n) is 3.04. The molecule has 2 aromatic rings. The zero-order valence-corrected chi connectivity index (χ0v) is 13.3. The average Bonchev–Trinajstić information content (AvgIpc) is 2.55. The van der Waals surface area contributed by atoms with E-state index in [1.807, 2.05) is 18.2 Å². The van der Waals surface area contributed by atoms with Gasteiger partial charge in [0.2, 0.25) is 0 Å². The third kappa shape index (κ3) is 4.40. The van der Waals surface area contributed by atoms with Gasteiger partial charge in [0.05, 0.1) is 10.8 Å². The highest BCUT2D eigenvalue weighted by Gasteiger charge is 2.19. The van der Waals surface area contributed by atoms with Crippen LogP contribution in [0.2, 0.25) is 5.02 Å². The predicted octanol–water partition coefficient (Wildman–Crippen LogP) is 2.30. The van der Waals surface area contributed by atoms with E-state index in [-0.39, 0.29) is 12.3 Å². The zero-order valence-electron chi connectivity index (χ0n) is 11.7. The Balaban J connectivity index is 1.86. The Morgan fingerprint density at radius 1 is 1.14 bits per heavy atom. The van der Waals surface area contributed by atoms with Crippen LogP contribution in [-0.2, 0) is 15.6 Å². The molecule has 0 fully saturated rings. The fourth-order valence-electron chi connectivity index (χ4n) is 1.89. The van der Waals surface area contributed by atoms with Crippen LogP contribution < -0.4 is 5.32 Å². The summed E-state index contributed by atoms with van der Waals surface area (Å²) in [6.07, 6.45) is -1.33. The van der Waals surface area contributed by atoms with Crippen LogP contribution in [0, 0.1) is 0 Å². The van der Waals surface area contributed by atoms with Gasteiger partial charge in [0, 0.05) is 27.8 Å². The number of hydrogen-bond acceptors (Lipinski definition) is 3. The molecule has 0 bridgehead atoms. The van der Waals surface area contributed by atoms with Crippen LogP contribution in [0.5, 0.6) is 0 Å². The number of carbonyl (C=O) groups is 1. The lowest BCUT2D eigenvalue weighted by Crippen LogP contribution is -2.32. The van der Waals surface area contributed by atoms with E-state index in [2.05, 4.69) is 5.32 Å². The number of amides is 1. The Hall–Kier alpha value is -1.69. The second kappa shape index (κ2) is 8.08. The number of aliphatic hydroxyl groups is 1. The monoisotopic (exact) mass is 337 g/mol. The van der Waals surface area contributed by atoms with Crippen molar-refractivity contribution in [1.82, 2.24) is 5.32 Å². The van der Waals surface area contributed by atoms with Crippen molar-refractivity contribution < 1.29 is 14.1 Å². The zero-order chi connectivity index (χ0) is 15.9. The minimum Gasteiger partial charge on any atom is -0.378 e. The number of nitrogens with one attached hydrogen (secondary N) is 1. The van der Waals surface area contributed by atoms with Crippen molar-refractivity contribution in [3.8, 4) is 0 Å². The summed E-state index contributed by atoms with van der Waals surface area (Å²) >= 11 is 5.94. The van der Waals surface area contributed by atoms with Crippen molar-refractivity contribution in [2.45, 2.75) is 11.0 Å². The van der Waals surface area contributed by atoms with E-state index in [4.69, 9.17) is 11.6 Å². The van der Waals surface area contributed by atoms with Gasteiger partial charge >= 0.3 is 0 Å². The van der Waals surface area contributed by atoms with E-state index >= 15 is 0 Å². The number of hydrogen-bond donors (Lipinski definition) is 2. The molecule has 0 radical (unpaired) electrons. The lowest BCUT2D eigenvalue weighted by molar-refractivity contribution is -0.129. The van der Waals surface area contributed by atoms with Gasteiger partial charge in [-0.25, -0.2) is 0 Å². The molecular formula is C16H16ClNO3S. The summed E-state index contributed by atoms with van der Waals surface area (Å²) in [5, 5.41) is 12.9. The lowest BCUT2D eigenvalue weighted by Gasteiger charge is -2.12. The van der Waals surface area contributed by atoms with Crippen LogP contribution in [0.25, 0.3) is 0 Å². The van der Waals surface area contributed by atoms with Gasteiger partial charge in [-0.1, -0.05) is 48.0 Å². The maximum Gasteiger partial charge on any atom is 0.253 e. The van der Waals surface area contributed by atoms with E-state index in [0.717, 1.165) is 0 Å². The standard InChI is InChI=1S/C16H16ClNO3S/c17-14-9-5-4-8-13(14)15(19)16(20)18-10-11-22(21)12-6-2-1-3-7-12/h1-9,15,19H,10-11H2,(H,18,20)/t15-,22+/m1/s1. The van der Waals surface area contributed by atoms with Crippen LogP contribution in [0.1, 0.15) is 11.7 Å². The second-order valence-corrected chi connectivity index (χ2v) is 6.56. The van der Waals surface area contributed by atoms with Gasteiger partial charge in [-0.2, -0.15) is 0 Å². The van der Waals surface area contributed by atoms with Crippen LogP contribution in [0.15, 0.2) is 59.5 Å². The van der Waals surface area contributed by atoms with E-state index in [9.17, 15) is 14.1 Å². The Morgan fingerprint density at radius 3 is 2.45 bits per heavy atom. The molecule has 2 N–H and O–H groups in total. The second-order valence-electron chi connectivity index (χ2n) is 4.58. The van der Waals surface area contributed by atoms with Crippen LogP contribution in [0.4, 0.5) is 0 Å². The first-order chi connectivity index (χ1) is 10.6. The van der Waals surface area contributed by atoms with Gasteiger partial charge in [0.25, 0.3) is 5.91 Å². The van der Waals surface area contributed by atoms with Gasteiger partial charge in [0.15, 0.2) is 6.10 Å². The highest BCUT2D eigenvalue weighted by atomic mass is 35.5. The first-order valence-electron chi connectivity index (χ1n) is 6.73. The van der Waals surface area contributed by atoms with Crippen LogP contribution in [-0.4, -0.2) is 27.5 Å². The fraction of sp³-hybridized carbons (Fsp3) is 0.188. The van der Waals surface area contributed by atoms with Gasteiger partial charge in [-0.05, 0) is 18.2 Å². The smallest absolute Gasteiger partial charge is 0.253 e. The summed E-state index contributed by atoms with van der Waals surface area (Å²) < 4.78 is 12.0.